The Hall–Kier alpha value is -0.810. The van der Waals surface area contributed by atoms with Crippen LogP contribution < -0.4 is 11.1 Å². The van der Waals surface area contributed by atoms with Crippen LogP contribution in [0.2, 0.25) is 0 Å². The second-order valence-corrected chi connectivity index (χ2v) is 4.30. The van der Waals surface area contributed by atoms with E-state index in [4.69, 9.17) is 10.5 Å². The number of nitrogens with two attached hydrogens (primary N) is 1. The molecule has 5 nitrogen and oxygen atoms in total. The fraction of sp³-hybridized carbons (Fsp3) is 0.909. The molecule has 0 saturated carbocycles. The van der Waals surface area contributed by atoms with Crippen LogP contribution in [0.15, 0.2) is 0 Å². The van der Waals surface area contributed by atoms with E-state index in [1.54, 1.807) is 0 Å². The summed E-state index contributed by atoms with van der Waals surface area (Å²) < 4.78 is 5.18. The van der Waals surface area contributed by atoms with E-state index in [2.05, 4.69) is 12.2 Å². The second kappa shape index (κ2) is 7.46. The van der Waals surface area contributed by atoms with Crippen molar-refractivity contribution in [3.63, 3.8) is 0 Å². The quantitative estimate of drug-likeness (QED) is 0.671. The molecule has 1 heterocycles. The van der Waals surface area contributed by atoms with E-state index in [-0.39, 0.29) is 6.03 Å². The van der Waals surface area contributed by atoms with Crippen molar-refractivity contribution < 1.29 is 9.53 Å². The lowest BCUT2D eigenvalue weighted by Gasteiger charge is -2.30. The molecule has 0 aromatic rings. The number of nitrogens with zero attached hydrogens (tertiary/aromatic N) is 1. The lowest BCUT2D eigenvalue weighted by atomic mass is 10.00. The molecule has 1 fully saturated rings. The molecule has 2 amide bonds. The predicted octanol–water partition coefficient (Wildman–Crippen LogP) is 0.403. The minimum atomic E-state index is 0.0308. The van der Waals surface area contributed by atoms with Gasteiger partial charge in [-0.2, -0.15) is 0 Å². The Labute approximate surface area is 97.3 Å². The van der Waals surface area contributed by atoms with E-state index in [1.807, 2.05) is 4.90 Å². The number of urea groups is 1. The maximum absolute atomic E-state index is 11.7. The first kappa shape index (κ1) is 13.3. The molecule has 1 aliphatic rings. The molecule has 1 saturated heterocycles. The zero-order valence-corrected chi connectivity index (χ0v) is 10.1. The molecule has 1 rings (SSSR count). The van der Waals surface area contributed by atoms with Gasteiger partial charge in [0.05, 0.1) is 13.2 Å². The van der Waals surface area contributed by atoms with Crippen molar-refractivity contribution in [3.05, 3.63) is 0 Å². The standard InChI is InChI=1S/C11H23N3O2/c1-10-2-6-14(7-3-10)11(15)13-5-9-16-8-4-12/h10H,2-9,12H2,1H3,(H,13,15). The van der Waals surface area contributed by atoms with Crippen molar-refractivity contribution in [1.82, 2.24) is 10.2 Å². The summed E-state index contributed by atoms with van der Waals surface area (Å²) >= 11 is 0. The van der Waals surface area contributed by atoms with Gasteiger partial charge in [0.15, 0.2) is 0 Å². The summed E-state index contributed by atoms with van der Waals surface area (Å²) in [6, 6.07) is 0.0308. The summed E-state index contributed by atoms with van der Waals surface area (Å²) in [5.41, 5.74) is 5.28. The van der Waals surface area contributed by atoms with Crippen LogP contribution in [0, 0.1) is 5.92 Å². The third kappa shape index (κ3) is 4.81. The first-order valence-corrected chi connectivity index (χ1v) is 6.04. The maximum Gasteiger partial charge on any atom is 0.317 e. The fourth-order valence-corrected chi connectivity index (χ4v) is 1.74. The maximum atomic E-state index is 11.7. The molecule has 0 aromatic heterocycles. The number of hydrogen-bond donors (Lipinski definition) is 2. The number of rotatable bonds is 5. The zero-order chi connectivity index (χ0) is 11.8. The number of ether oxygens (including phenoxy) is 1. The van der Waals surface area contributed by atoms with E-state index >= 15 is 0 Å². The lowest BCUT2D eigenvalue weighted by Crippen LogP contribution is -2.45. The van der Waals surface area contributed by atoms with Gasteiger partial charge in [0.25, 0.3) is 0 Å². The van der Waals surface area contributed by atoms with Crippen molar-refractivity contribution in [2.45, 2.75) is 19.8 Å². The van der Waals surface area contributed by atoms with Gasteiger partial charge < -0.3 is 20.7 Å². The molecule has 0 aliphatic carbocycles. The summed E-state index contributed by atoms with van der Waals surface area (Å²) in [6.07, 6.45) is 2.22. The van der Waals surface area contributed by atoms with Crippen molar-refractivity contribution in [3.8, 4) is 0 Å². The highest BCUT2D eigenvalue weighted by Crippen LogP contribution is 2.15. The Morgan fingerprint density at radius 3 is 2.75 bits per heavy atom. The molecular weight excluding hydrogens is 206 g/mol. The molecule has 16 heavy (non-hydrogen) atoms. The molecule has 0 aromatic carbocycles. The van der Waals surface area contributed by atoms with Crippen LogP contribution in [0.1, 0.15) is 19.8 Å². The topological polar surface area (TPSA) is 67.6 Å². The van der Waals surface area contributed by atoms with E-state index in [0.717, 1.165) is 31.8 Å². The summed E-state index contributed by atoms with van der Waals surface area (Å²) in [7, 11) is 0. The summed E-state index contributed by atoms with van der Waals surface area (Å²) in [6.45, 7) is 6.15. The molecule has 0 spiro atoms. The first-order valence-electron chi connectivity index (χ1n) is 6.04. The van der Waals surface area contributed by atoms with Gasteiger partial charge in [0.2, 0.25) is 0 Å². The van der Waals surface area contributed by atoms with Crippen LogP contribution in [-0.2, 0) is 4.74 Å². The average molecular weight is 229 g/mol. The van der Waals surface area contributed by atoms with Gasteiger partial charge in [-0.3, -0.25) is 0 Å². The molecule has 1 aliphatic heterocycles. The van der Waals surface area contributed by atoms with Crippen LogP contribution >= 0.6 is 0 Å². The fourth-order valence-electron chi connectivity index (χ4n) is 1.74. The Balaban J connectivity index is 2.06. The SMILES string of the molecule is CC1CCN(C(=O)NCCOCCN)CC1. The number of amides is 2. The highest BCUT2D eigenvalue weighted by molar-refractivity contribution is 5.74. The number of piperidine rings is 1. The average Bonchev–Trinajstić information content (AvgIpc) is 2.29. The molecule has 3 N–H and O–H groups in total. The van der Waals surface area contributed by atoms with E-state index in [0.29, 0.717) is 26.3 Å². The largest absolute Gasteiger partial charge is 0.378 e. The zero-order valence-electron chi connectivity index (χ0n) is 10.1. The third-order valence-corrected chi connectivity index (χ3v) is 2.86. The van der Waals surface area contributed by atoms with Crippen LogP contribution in [0.4, 0.5) is 4.79 Å². The van der Waals surface area contributed by atoms with Crippen LogP contribution in [0.5, 0.6) is 0 Å². The first-order chi connectivity index (χ1) is 7.74. The van der Waals surface area contributed by atoms with E-state index in [1.165, 1.54) is 0 Å². The van der Waals surface area contributed by atoms with Crippen LogP contribution in [0.3, 0.4) is 0 Å². The monoisotopic (exact) mass is 229 g/mol. The minimum absolute atomic E-state index is 0.0308. The summed E-state index contributed by atoms with van der Waals surface area (Å²) in [5.74, 6) is 0.747. The Morgan fingerprint density at radius 1 is 1.44 bits per heavy atom. The minimum Gasteiger partial charge on any atom is -0.378 e. The van der Waals surface area contributed by atoms with Crippen molar-refractivity contribution in [1.29, 1.82) is 0 Å². The van der Waals surface area contributed by atoms with Gasteiger partial charge in [-0.15, -0.1) is 0 Å². The van der Waals surface area contributed by atoms with Crippen molar-refractivity contribution in [2.75, 3.05) is 39.4 Å². The highest BCUT2D eigenvalue weighted by atomic mass is 16.5. The number of carbonyl (C=O) groups excluding carboxylic acids is 1. The number of likely N-dealkylation sites (tertiary alicyclic amines) is 1. The number of carbonyl (C=O) groups is 1. The molecular formula is C11H23N3O2. The van der Waals surface area contributed by atoms with Crippen molar-refractivity contribution in [2.24, 2.45) is 11.7 Å². The predicted molar refractivity (Wildman–Crippen MR) is 63.2 cm³/mol. The molecule has 0 atom stereocenters. The van der Waals surface area contributed by atoms with Gasteiger partial charge in [-0.25, -0.2) is 4.79 Å². The van der Waals surface area contributed by atoms with Gasteiger partial charge in [-0.1, -0.05) is 6.92 Å². The molecule has 0 bridgehead atoms. The second-order valence-electron chi connectivity index (χ2n) is 4.30. The normalized spacial score (nSPS) is 17.5. The highest BCUT2D eigenvalue weighted by Gasteiger charge is 2.19. The third-order valence-electron chi connectivity index (χ3n) is 2.86. The van der Waals surface area contributed by atoms with Crippen LogP contribution in [0.25, 0.3) is 0 Å². The van der Waals surface area contributed by atoms with E-state index in [9.17, 15) is 4.79 Å². The number of hydrogen-bond acceptors (Lipinski definition) is 3. The molecule has 0 radical (unpaired) electrons. The Kier molecular flexibility index (Phi) is 6.18. The van der Waals surface area contributed by atoms with Gasteiger partial charge >= 0.3 is 6.03 Å². The van der Waals surface area contributed by atoms with Gasteiger partial charge in [0.1, 0.15) is 0 Å². The molecule has 0 unspecified atom stereocenters. The Bertz CT molecular complexity index is 203. The van der Waals surface area contributed by atoms with Gasteiger partial charge in [-0.05, 0) is 18.8 Å². The molecule has 5 heteroatoms. The van der Waals surface area contributed by atoms with Gasteiger partial charge in [0, 0.05) is 26.2 Å². The Morgan fingerprint density at radius 2 is 2.12 bits per heavy atom. The lowest BCUT2D eigenvalue weighted by molar-refractivity contribution is 0.137. The van der Waals surface area contributed by atoms with Crippen molar-refractivity contribution >= 4 is 6.03 Å². The molecule has 94 valence electrons. The number of nitrogens with one attached hydrogen (secondary N) is 1. The van der Waals surface area contributed by atoms with E-state index < -0.39 is 0 Å². The summed E-state index contributed by atoms with van der Waals surface area (Å²) in [5, 5.41) is 2.85. The van der Waals surface area contributed by atoms with Crippen LogP contribution in [-0.4, -0.2) is 50.3 Å². The summed E-state index contributed by atoms with van der Waals surface area (Å²) in [4.78, 5) is 13.5. The smallest absolute Gasteiger partial charge is 0.317 e.